The number of ether oxygens (including phenoxy) is 1. The van der Waals surface area contributed by atoms with Gasteiger partial charge in [0.2, 0.25) is 15.9 Å². The first-order chi connectivity index (χ1) is 12.9. The van der Waals surface area contributed by atoms with Crippen molar-refractivity contribution < 1.29 is 17.9 Å². The molecule has 2 heterocycles. The lowest BCUT2D eigenvalue weighted by Crippen LogP contribution is -2.49. The number of nitrogens with one attached hydrogen (secondary N) is 2. The van der Waals surface area contributed by atoms with Crippen molar-refractivity contribution in [3.8, 4) is 5.75 Å². The fourth-order valence-electron chi connectivity index (χ4n) is 3.84. The summed E-state index contributed by atoms with van der Waals surface area (Å²) < 4.78 is 32.1. The lowest BCUT2D eigenvalue weighted by Gasteiger charge is -2.33. The van der Waals surface area contributed by atoms with Gasteiger partial charge in [0, 0.05) is 31.1 Å². The highest BCUT2D eigenvalue weighted by molar-refractivity contribution is 7.89. The number of amides is 1. The number of carbonyl (C=O) groups excluding carboxylic acids is 1. The van der Waals surface area contributed by atoms with E-state index in [1.807, 2.05) is 0 Å². The van der Waals surface area contributed by atoms with Crippen LogP contribution < -0.4 is 15.4 Å². The molecular weight excluding hydrogens is 402 g/mol. The van der Waals surface area contributed by atoms with Crippen molar-refractivity contribution >= 4 is 28.3 Å². The molecule has 2 aliphatic heterocycles. The topological polar surface area (TPSA) is 87.7 Å². The van der Waals surface area contributed by atoms with E-state index >= 15 is 0 Å². The molecule has 9 heteroatoms. The Morgan fingerprint density at radius 2 is 1.82 bits per heavy atom. The average Bonchev–Trinajstić information content (AvgIpc) is 2.68. The second-order valence-electron chi connectivity index (χ2n) is 7.44. The van der Waals surface area contributed by atoms with Gasteiger partial charge in [-0.25, -0.2) is 8.42 Å². The van der Waals surface area contributed by atoms with E-state index in [4.69, 9.17) is 4.74 Å². The zero-order valence-electron chi connectivity index (χ0n) is 16.4. The van der Waals surface area contributed by atoms with Gasteiger partial charge < -0.3 is 15.4 Å². The summed E-state index contributed by atoms with van der Waals surface area (Å²) in [5.41, 5.74) is 0. The van der Waals surface area contributed by atoms with Crippen LogP contribution in [0.4, 0.5) is 0 Å². The molecular formula is C19H30ClN3O4S. The van der Waals surface area contributed by atoms with Crippen molar-refractivity contribution in [1.82, 2.24) is 14.9 Å². The molecule has 0 radical (unpaired) electrons. The summed E-state index contributed by atoms with van der Waals surface area (Å²) in [6.07, 6.45) is 3.00. The maximum Gasteiger partial charge on any atom is 0.243 e. The van der Waals surface area contributed by atoms with Crippen LogP contribution in [0.2, 0.25) is 0 Å². The van der Waals surface area contributed by atoms with E-state index in [1.54, 1.807) is 31.4 Å². The van der Waals surface area contributed by atoms with Crippen molar-refractivity contribution in [2.45, 2.75) is 49.6 Å². The first-order valence-corrected chi connectivity index (χ1v) is 11.0. The van der Waals surface area contributed by atoms with Gasteiger partial charge in [0.15, 0.2) is 0 Å². The molecule has 158 valence electrons. The summed E-state index contributed by atoms with van der Waals surface area (Å²) in [6.45, 7) is 3.79. The van der Waals surface area contributed by atoms with Crippen LogP contribution in [-0.2, 0) is 14.8 Å². The largest absolute Gasteiger partial charge is 0.497 e. The van der Waals surface area contributed by atoms with Crippen LogP contribution in [0.25, 0.3) is 0 Å². The predicted octanol–water partition coefficient (Wildman–Crippen LogP) is 1.77. The first-order valence-electron chi connectivity index (χ1n) is 9.58. The molecule has 28 heavy (non-hydrogen) atoms. The summed E-state index contributed by atoms with van der Waals surface area (Å²) in [7, 11) is -1.99. The Hall–Kier alpha value is -1.35. The fraction of sp³-hybridized carbons (Fsp3) is 0.632. The van der Waals surface area contributed by atoms with Gasteiger partial charge in [-0.1, -0.05) is 0 Å². The Morgan fingerprint density at radius 3 is 2.39 bits per heavy atom. The van der Waals surface area contributed by atoms with E-state index in [-0.39, 0.29) is 35.2 Å². The van der Waals surface area contributed by atoms with E-state index in [9.17, 15) is 13.2 Å². The normalized spacial score (nSPS) is 24.2. The van der Waals surface area contributed by atoms with Gasteiger partial charge in [-0.15, -0.1) is 12.4 Å². The minimum absolute atomic E-state index is 0. The number of piperidine rings is 2. The van der Waals surface area contributed by atoms with Gasteiger partial charge in [-0.3, -0.25) is 4.79 Å². The van der Waals surface area contributed by atoms with E-state index in [1.165, 1.54) is 4.31 Å². The van der Waals surface area contributed by atoms with Crippen LogP contribution in [0.3, 0.4) is 0 Å². The highest BCUT2D eigenvalue weighted by atomic mass is 35.5. The maximum absolute atomic E-state index is 12.8. The molecule has 2 aliphatic rings. The molecule has 0 aliphatic carbocycles. The minimum Gasteiger partial charge on any atom is -0.497 e. The van der Waals surface area contributed by atoms with Gasteiger partial charge >= 0.3 is 0 Å². The smallest absolute Gasteiger partial charge is 0.243 e. The Labute approximate surface area is 173 Å². The minimum atomic E-state index is -3.53. The molecule has 0 saturated carbocycles. The standard InChI is InChI=1S/C19H29N3O4S.ClH/c1-14-13-16(7-10-20-14)21-19(23)15-8-11-22(12-9-15)27(24,25)18-5-3-17(26-2)4-6-18;/h3-6,14-16,20H,7-13H2,1-2H3,(H,21,23);1H. The molecule has 1 amide bonds. The second kappa shape index (κ2) is 9.91. The molecule has 2 saturated heterocycles. The van der Waals surface area contributed by atoms with Gasteiger partial charge in [-0.2, -0.15) is 4.31 Å². The SMILES string of the molecule is COc1ccc(S(=O)(=O)N2CCC(C(=O)NC3CCNC(C)C3)CC2)cc1.Cl. The van der Waals surface area contributed by atoms with E-state index in [0.717, 1.165) is 19.4 Å². The molecule has 1 aromatic rings. The van der Waals surface area contributed by atoms with Crippen LogP contribution in [-0.4, -0.2) is 57.5 Å². The molecule has 0 bridgehead atoms. The van der Waals surface area contributed by atoms with E-state index in [2.05, 4.69) is 17.6 Å². The van der Waals surface area contributed by atoms with Crippen LogP contribution in [0.5, 0.6) is 5.75 Å². The second-order valence-corrected chi connectivity index (χ2v) is 9.38. The molecule has 0 aromatic heterocycles. The molecule has 2 unspecified atom stereocenters. The monoisotopic (exact) mass is 431 g/mol. The quantitative estimate of drug-likeness (QED) is 0.741. The zero-order valence-corrected chi connectivity index (χ0v) is 18.0. The number of hydrogen-bond donors (Lipinski definition) is 2. The summed E-state index contributed by atoms with van der Waals surface area (Å²) in [5.74, 6) is 0.574. The summed E-state index contributed by atoms with van der Waals surface area (Å²) in [4.78, 5) is 12.8. The van der Waals surface area contributed by atoms with Gasteiger partial charge in [-0.05, 0) is 63.4 Å². The summed E-state index contributed by atoms with van der Waals surface area (Å²) in [6, 6.07) is 7.05. The number of hydrogen-bond acceptors (Lipinski definition) is 5. The summed E-state index contributed by atoms with van der Waals surface area (Å²) in [5, 5.41) is 6.53. The predicted molar refractivity (Wildman–Crippen MR) is 110 cm³/mol. The van der Waals surface area contributed by atoms with Crippen LogP contribution >= 0.6 is 12.4 Å². The molecule has 2 fully saturated rings. The van der Waals surface area contributed by atoms with Gasteiger partial charge in [0.1, 0.15) is 5.75 Å². The molecule has 3 rings (SSSR count). The van der Waals surface area contributed by atoms with Crippen molar-refractivity contribution in [2.75, 3.05) is 26.7 Å². The van der Waals surface area contributed by atoms with E-state index < -0.39 is 10.0 Å². The number of rotatable bonds is 5. The lowest BCUT2D eigenvalue weighted by atomic mass is 9.95. The van der Waals surface area contributed by atoms with Crippen LogP contribution in [0, 0.1) is 5.92 Å². The van der Waals surface area contributed by atoms with Gasteiger partial charge in [0.05, 0.1) is 12.0 Å². The lowest BCUT2D eigenvalue weighted by molar-refractivity contribution is -0.127. The summed E-state index contributed by atoms with van der Waals surface area (Å²) >= 11 is 0. The fourth-order valence-corrected chi connectivity index (χ4v) is 5.31. The molecule has 7 nitrogen and oxygen atoms in total. The van der Waals surface area contributed by atoms with Crippen molar-refractivity contribution in [2.24, 2.45) is 5.92 Å². The highest BCUT2D eigenvalue weighted by Gasteiger charge is 2.33. The first kappa shape index (κ1) is 22.9. The highest BCUT2D eigenvalue weighted by Crippen LogP contribution is 2.25. The average molecular weight is 432 g/mol. The number of carbonyl (C=O) groups is 1. The number of halogens is 1. The number of methoxy groups -OCH3 is 1. The number of sulfonamides is 1. The van der Waals surface area contributed by atoms with Crippen molar-refractivity contribution in [3.05, 3.63) is 24.3 Å². The molecule has 2 atom stereocenters. The third-order valence-corrected chi connectivity index (χ3v) is 7.40. The van der Waals surface area contributed by atoms with Crippen molar-refractivity contribution in [3.63, 3.8) is 0 Å². The Balaban J connectivity index is 0.00000280. The maximum atomic E-state index is 12.8. The number of nitrogens with zero attached hydrogens (tertiary/aromatic N) is 1. The third kappa shape index (κ3) is 5.37. The van der Waals surface area contributed by atoms with E-state index in [0.29, 0.717) is 37.7 Å². The zero-order chi connectivity index (χ0) is 19.4. The number of benzene rings is 1. The molecule has 0 spiro atoms. The van der Waals surface area contributed by atoms with Crippen LogP contribution in [0.15, 0.2) is 29.2 Å². The Bertz CT molecular complexity index is 749. The Kier molecular flexibility index (Phi) is 8.12. The van der Waals surface area contributed by atoms with Gasteiger partial charge in [0.25, 0.3) is 0 Å². The van der Waals surface area contributed by atoms with Crippen molar-refractivity contribution in [1.29, 1.82) is 0 Å². The third-order valence-electron chi connectivity index (χ3n) is 5.49. The Morgan fingerprint density at radius 1 is 1.18 bits per heavy atom. The molecule has 2 N–H and O–H groups in total. The molecule has 1 aromatic carbocycles. The van der Waals surface area contributed by atoms with Crippen LogP contribution in [0.1, 0.15) is 32.6 Å².